The van der Waals surface area contributed by atoms with E-state index in [9.17, 15) is 0 Å². The summed E-state index contributed by atoms with van der Waals surface area (Å²) in [6.45, 7) is 2.30. The van der Waals surface area contributed by atoms with E-state index in [4.69, 9.17) is 65.4 Å². The van der Waals surface area contributed by atoms with Crippen molar-refractivity contribution in [3.05, 3.63) is 55.5 Å². The molecule has 144 valence electrons. The summed E-state index contributed by atoms with van der Waals surface area (Å²) in [4.78, 5) is 0. The first-order chi connectivity index (χ1) is 13.0. The Morgan fingerprint density at radius 3 is 1.33 bits per heavy atom. The topological polar surface area (TPSA) is 43.5 Å². The van der Waals surface area contributed by atoms with Crippen LogP contribution in [-0.2, 0) is 15.9 Å². The van der Waals surface area contributed by atoms with E-state index in [1.807, 2.05) is 24.3 Å². The van der Waals surface area contributed by atoms with Crippen LogP contribution in [0, 0.1) is 0 Å². The van der Waals surface area contributed by atoms with Crippen LogP contribution in [0.1, 0.15) is 11.1 Å². The molecule has 2 aliphatic heterocycles. The van der Waals surface area contributed by atoms with Gasteiger partial charge in [0.1, 0.15) is 25.4 Å². The van der Waals surface area contributed by atoms with Gasteiger partial charge >= 0.3 is 0 Å². The van der Waals surface area contributed by atoms with Crippen LogP contribution in [0.15, 0.2) is 24.3 Å². The van der Waals surface area contributed by atoms with Gasteiger partial charge in [-0.3, -0.25) is 0 Å². The van der Waals surface area contributed by atoms with E-state index in [0.717, 1.165) is 11.1 Å². The van der Waals surface area contributed by atoms with Crippen molar-refractivity contribution < 1.29 is 18.9 Å². The fourth-order valence-corrected chi connectivity index (χ4v) is 3.90. The Morgan fingerprint density at radius 1 is 0.704 bits per heavy atom. The third kappa shape index (κ3) is 5.14. The van der Waals surface area contributed by atoms with Crippen LogP contribution < -0.4 is 9.47 Å². The quantitative estimate of drug-likeness (QED) is 0.503. The van der Waals surface area contributed by atoms with E-state index in [2.05, 4.69) is 0 Å². The molecule has 0 saturated carbocycles. The van der Waals surface area contributed by atoms with Crippen molar-refractivity contribution in [2.24, 2.45) is 0 Å². The van der Waals surface area contributed by atoms with Crippen molar-refractivity contribution in [2.75, 3.05) is 26.4 Å². The zero-order valence-corrected chi connectivity index (χ0v) is 17.2. The first-order valence-corrected chi connectivity index (χ1v) is 9.95. The van der Waals surface area contributed by atoms with Gasteiger partial charge in [-0.2, -0.15) is 0 Å². The van der Waals surface area contributed by atoms with Crippen LogP contribution in [0.4, 0.5) is 0 Å². The van der Waals surface area contributed by atoms with Crippen molar-refractivity contribution >= 4 is 46.4 Å². The fourth-order valence-electron chi connectivity index (χ4n) is 2.62. The van der Waals surface area contributed by atoms with Crippen LogP contribution in [-0.4, -0.2) is 38.6 Å². The van der Waals surface area contributed by atoms with Gasteiger partial charge in [-0.25, -0.2) is 0 Å². The molecular weight excluding hydrogens is 434 g/mol. The molecule has 2 atom stereocenters. The first kappa shape index (κ1) is 19.4. The smallest absolute Gasteiger partial charge is 0.156 e. The predicted molar refractivity (Wildman–Crippen MR) is 106 cm³/mol. The highest BCUT2D eigenvalue weighted by molar-refractivity contribution is 6.38. The molecule has 0 N–H and O–H groups in total. The second-order valence-electron chi connectivity index (χ2n) is 6.49. The fraction of sp³-hybridized carbons (Fsp3) is 0.368. The SMILES string of the molecule is Clc1cc(Cc2cc(Cl)c(OCC3CO3)c(Cl)c2)cc(Cl)c1OCC1CO1. The molecule has 0 aromatic heterocycles. The van der Waals surface area contributed by atoms with E-state index in [-0.39, 0.29) is 12.2 Å². The molecule has 2 aliphatic rings. The number of rotatable bonds is 8. The van der Waals surface area contributed by atoms with E-state index in [0.29, 0.717) is 64.4 Å². The highest BCUT2D eigenvalue weighted by atomic mass is 35.5. The lowest BCUT2D eigenvalue weighted by atomic mass is 10.0. The largest absolute Gasteiger partial charge is 0.488 e. The van der Waals surface area contributed by atoms with E-state index >= 15 is 0 Å². The standard InChI is InChI=1S/C19H16Cl4O4/c20-14-2-10(3-15(21)18(14)26-8-12-6-24-12)1-11-4-16(22)19(17(23)5-11)27-9-13-7-25-13/h2-5,12-13H,1,6-9H2. The summed E-state index contributed by atoms with van der Waals surface area (Å²) in [6, 6.07) is 7.31. The van der Waals surface area contributed by atoms with Crippen LogP contribution in [0.2, 0.25) is 20.1 Å². The molecule has 27 heavy (non-hydrogen) atoms. The van der Waals surface area contributed by atoms with E-state index < -0.39 is 0 Å². The molecule has 2 heterocycles. The van der Waals surface area contributed by atoms with Gasteiger partial charge in [-0.15, -0.1) is 0 Å². The summed E-state index contributed by atoms with van der Waals surface area (Å²) in [5.74, 6) is 0.944. The van der Waals surface area contributed by atoms with Crippen LogP contribution in [0.3, 0.4) is 0 Å². The zero-order chi connectivity index (χ0) is 19.0. The summed E-state index contributed by atoms with van der Waals surface area (Å²) in [5.41, 5.74) is 1.85. The van der Waals surface area contributed by atoms with Crippen LogP contribution in [0.5, 0.6) is 11.5 Å². The molecule has 2 unspecified atom stereocenters. The molecule has 8 heteroatoms. The molecule has 2 saturated heterocycles. The van der Waals surface area contributed by atoms with E-state index in [1.54, 1.807) is 0 Å². The highest BCUT2D eigenvalue weighted by Gasteiger charge is 2.25. The Labute approximate surface area is 177 Å². The average molecular weight is 450 g/mol. The average Bonchev–Trinajstić information content (AvgIpc) is 3.48. The van der Waals surface area contributed by atoms with Crippen molar-refractivity contribution in [1.82, 2.24) is 0 Å². The van der Waals surface area contributed by atoms with E-state index in [1.165, 1.54) is 0 Å². The van der Waals surface area contributed by atoms with Crippen molar-refractivity contribution in [2.45, 2.75) is 18.6 Å². The third-order valence-corrected chi connectivity index (χ3v) is 5.28. The molecule has 0 amide bonds. The maximum atomic E-state index is 6.34. The molecule has 4 rings (SSSR count). The van der Waals surface area contributed by atoms with Gasteiger partial charge < -0.3 is 18.9 Å². The van der Waals surface area contributed by atoms with Crippen LogP contribution in [0.25, 0.3) is 0 Å². The minimum Gasteiger partial charge on any atom is -0.488 e. The molecule has 2 fully saturated rings. The summed E-state index contributed by atoms with van der Waals surface area (Å²) in [7, 11) is 0. The maximum absolute atomic E-state index is 6.34. The maximum Gasteiger partial charge on any atom is 0.156 e. The molecule has 0 aliphatic carbocycles. The predicted octanol–water partition coefficient (Wildman–Crippen LogP) is 5.45. The van der Waals surface area contributed by atoms with Gasteiger partial charge in [0.25, 0.3) is 0 Å². The minimum atomic E-state index is 0.133. The lowest BCUT2D eigenvalue weighted by Gasteiger charge is -2.13. The molecule has 0 bridgehead atoms. The molecular formula is C19H16Cl4O4. The van der Waals surface area contributed by atoms with Gasteiger partial charge in [-0.05, 0) is 41.8 Å². The number of benzene rings is 2. The Balaban J connectivity index is 1.47. The molecule has 0 radical (unpaired) electrons. The van der Waals surface area contributed by atoms with Gasteiger partial charge in [0.2, 0.25) is 0 Å². The van der Waals surface area contributed by atoms with Crippen LogP contribution >= 0.6 is 46.4 Å². The van der Waals surface area contributed by atoms with Gasteiger partial charge in [0.15, 0.2) is 11.5 Å². The molecule has 0 spiro atoms. The van der Waals surface area contributed by atoms with Crippen molar-refractivity contribution in [3.8, 4) is 11.5 Å². The third-order valence-electron chi connectivity index (χ3n) is 4.16. The lowest BCUT2D eigenvalue weighted by Crippen LogP contribution is -2.05. The second-order valence-corrected chi connectivity index (χ2v) is 8.12. The summed E-state index contributed by atoms with van der Waals surface area (Å²) >= 11 is 25.3. The molecule has 4 nitrogen and oxygen atoms in total. The summed E-state index contributed by atoms with van der Waals surface area (Å²) in [5, 5.41) is 1.83. The lowest BCUT2D eigenvalue weighted by molar-refractivity contribution is 0.263. The number of hydrogen-bond acceptors (Lipinski definition) is 4. The Hall–Kier alpha value is -0.880. The number of ether oxygens (including phenoxy) is 4. The normalized spacial score (nSPS) is 20.4. The Kier molecular flexibility index (Phi) is 5.93. The number of hydrogen-bond donors (Lipinski definition) is 0. The summed E-state index contributed by atoms with van der Waals surface area (Å²) in [6.07, 6.45) is 0.832. The van der Waals surface area contributed by atoms with Gasteiger partial charge in [0, 0.05) is 0 Å². The molecule has 2 aromatic carbocycles. The second kappa shape index (κ2) is 8.24. The molecule has 2 aromatic rings. The monoisotopic (exact) mass is 448 g/mol. The van der Waals surface area contributed by atoms with Crippen molar-refractivity contribution in [1.29, 1.82) is 0 Å². The highest BCUT2D eigenvalue weighted by Crippen LogP contribution is 2.38. The minimum absolute atomic E-state index is 0.133. The van der Waals surface area contributed by atoms with Crippen molar-refractivity contribution in [3.63, 3.8) is 0 Å². The Bertz CT molecular complexity index is 734. The summed E-state index contributed by atoms with van der Waals surface area (Å²) < 4.78 is 21.5. The zero-order valence-electron chi connectivity index (χ0n) is 14.1. The van der Waals surface area contributed by atoms with Gasteiger partial charge in [-0.1, -0.05) is 46.4 Å². The first-order valence-electron chi connectivity index (χ1n) is 8.44. The Morgan fingerprint density at radius 2 is 1.04 bits per heavy atom. The number of halogens is 4. The number of epoxide rings is 2. The van der Waals surface area contributed by atoms with Gasteiger partial charge in [0.05, 0.1) is 33.3 Å².